The molecule has 0 bridgehead atoms. The molecular weight excluding hydrogens is 350 g/mol. The molecule has 1 aliphatic rings. The van der Waals surface area contributed by atoms with E-state index < -0.39 is 17.1 Å². The van der Waals surface area contributed by atoms with E-state index in [4.69, 9.17) is 4.74 Å². The number of nitrogens with zero attached hydrogens (tertiary/aromatic N) is 1. The van der Waals surface area contributed by atoms with E-state index in [9.17, 15) is 9.59 Å². The van der Waals surface area contributed by atoms with Crippen LogP contribution in [-0.4, -0.2) is 17.6 Å². The number of imide groups is 1. The van der Waals surface area contributed by atoms with Crippen LogP contribution in [0.3, 0.4) is 0 Å². The Morgan fingerprint density at radius 1 is 1.07 bits per heavy atom. The Kier molecular flexibility index (Phi) is 5.04. The molecule has 0 spiro atoms. The molecule has 0 fully saturated rings. The first-order valence-corrected chi connectivity index (χ1v) is 9.38. The highest BCUT2D eigenvalue weighted by molar-refractivity contribution is 6.21. The van der Waals surface area contributed by atoms with E-state index in [2.05, 4.69) is 11.8 Å². The van der Waals surface area contributed by atoms with Gasteiger partial charge in [-0.15, -0.1) is 0 Å². The van der Waals surface area contributed by atoms with Gasteiger partial charge in [0.05, 0.1) is 11.1 Å². The van der Waals surface area contributed by atoms with Crippen LogP contribution in [0.5, 0.6) is 0 Å². The zero-order valence-corrected chi connectivity index (χ0v) is 16.9. The third-order valence-corrected chi connectivity index (χ3v) is 5.00. The minimum Gasteiger partial charge on any atom is -0.443 e. The number of benzene rings is 2. The molecule has 3 rings (SSSR count). The van der Waals surface area contributed by atoms with Gasteiger partial charge in [0.1, 0.15) is 5.60 Å². The third kappa shape index (κ3) is 3.53. The molecule has 2 amide bonds. The van der Waals surface area contributed by atoms with Gasteiger partial charge >= 0.3 is 6.09 Å². The average Bonchev–Trinajstić information content (AvgIpc) is 2.88. The van der Waals surface area contributed by atoms with E-state index in [0.717, 1.165) is 16.0 Å². The summed E-state index contributed by atoms with van der Waals surface area (Å²) in [4.78, 5) is 27.3. The lowest BCUT2D eigenvalue weighted by atomic mass is 9.73. The highest BCUT2D eigenvalue weighted by atomic mass is 16.6. The van der Waals surface area contributed by atoms with Crippen molar-refractivity contribution in [2.24, 2.45) is 5.92 Å². The lowest BCUT2D eigenvalue weighted by molar-refractivity contribution is -0.123. The van der Waals surface area contributed by atoms with Crippen LogP contribution in [0.4, 0.5) is 10.5 Å². The number of amides is 2. The van der Waals surface area contributed by atoms with Crippen molar-refractivity contribution >= 4 is 17.7 Å². The standard InChI is InChI=1S/C24H25NO3/c1-17(15-16-18-11-7-6-8-12-18)24(5)19-13-9-10-14-20(19)25(21(24)26)22(27)28-23(2,3)4/h6-14,17H,1-5H3/t17-,24+/m1/s1. The molecule has 1 heterocycles. The van der Waals surface area contributed by atoms with E-state index in [1.165, 1.54) is 0 Å². The van der Waals surface area contributed by atoms with E-state index in [0.29, 0.717) is 5.69 Å². The molecule has 2 aromatic carbocycles. The fourth-order valence-corrected chi connectivity index (χ4v) is 3.33. The van der Waals surface area contributed by atoms with Crippen molar-refractivity contribution in [3.8, 4) is 11.8 Å². The Hall–Kier alpha value is -3.06. The fourth-order valence-electron chi connectivity index (χ4n) is 3.33. The number of anilines is 1. The second kappa shape index (κ2) is 7.16. The second-order valence-corrected chi connectivity index (χ2v) is 8.20. The first-order valence-electron chi connectivity index (χ1n) is 9.38. The number of ether oxygens (including phenoxy) is 1. The number of hydrogen-bond donors (Lipinski definition) is 0. The second-order valence-electron chi connectivity index (χ2n) is 8.20. The van der Waals surface area contributed by atoms with Crippen LogP contribution in [0.2, 0.25) is 0 Å². The lowest BCUT2D eigenvalue weighted by Gasteiger charge is -2.28. The van der Waals surface area contributed by atoms with Crippen molar-refractivity contribution in [1.29, 1.82) is 0 Å². The molecule has 2 atom stereocenters. The smallest absolute Gasteiger partial charge is 0.421 e. The normalized spacial score (nSPS) is 19.5. The molecule has 0 saturated heterocycles. The van der Waals surface area contributed by atoms with Gasteiger partial charge in [0.25, 0.3) is 0 Å². The molecule has 0 saturated carbocycles. The summed E-state index contributed by atoms with van der Waals surface area (Å²) >= 11 is 0. The van der Waals surface area contributed by atoms with Crippen LogP contribution in [-0.2, 0) is 14.9 Å². The largest absolute Gasteiger partial charge is 0.443 e. The summed E-state index contributed by atoms with van der Waals surface area (Å²) in [5, 5.41) is 0. The number of carbonyl (C=O) groups is 2. The van der Waals surface area contributed by atoms with Crippen molar-refractivity contribution in [3.05, 3.63) is 65.7 Å². The summed E-state index contributed by atoms with van der Waals surface area (Å²) in [6.45, 7) is 9.12. The van der Waals surface area contributed by atoms with Crippen LogP contribution in [0.25, 0.3) is 0 Å². The van der Waals surface area contributed by atoms with Crippen molar-refractivity contribution in [2.75, 3.05) is 4.90 Å². The third-order valence-electron chi connectivity index (χ3n) is 5.00. The van der Waals surface area contributed by atoms with E-state index in [1.807, 2.05) is 62.4 Å². The summed E-state index contributed by atoms with van der Waals surface area (Å²) in [6.07, 6.45) is -0.656. The molecule has 0 unspecified atom stereocenters. The molecule has 0 aliphatic carbocycles. The molecular formula is C24H25NO3. The van der Waals surface area contributed by atoms with Crippen LogP contribution >= 0.6 is 0 Å². The molecule has 28 heavy (non-hydrogen) atoms. The van der Waals surface area contributed by atoms with Crippen LogP contribution in [0.15, 0.2) is 54.6 Å². The van der Waals surface area contributed by atoms with Crippen molar-refractivity contribution in [2.45, 2.75) is 45.6 Å². The van der Waals surface area contributed by atoms with Gasteiger partial charge in [-0.1, -0.05) is 55.2 Å². The van der Waals surface area contributed by atoms with Gasteiger partial charge < -0.3 is 4.74 Å². The van der Waals surface area contributed by atoms with Crippen molar-refractivity contribution in [1.82, 2.24) is 0 Å². The maximum Gasteiger partial charge on any atom is 0.421 e. The molecule has 0 aromatic heterocycles. The summed E-state index contributed by atoms with van der Waals surface area (Å²) in [6, 6.07) is 17.0. The predicted octanol–water partition coefficient (Wildman–Crippen LogP) is 4.91. The Morgan fingerprint density at radius 2 is 1.68 bits per heavy atom. The first kappa shape index (κ1) is 19.7. The van der Waals surface area contributed by atoms with Gasteiger partial charge in [0, 0.05) is 11.5 Å². The topological polar surface area (TPSA) is 46.6 Å². The Bertz CT molecular complexity index is 963. The maximum absolute atomic E-state index is 13.4. The van der Waals surface area contributed by atoms with Crippen LogP contribution in [0.1, 0.15) is 45.7 Å². The summed E-state index contributed by atoms with van der Waals surface area (Å²) < 4.78 is 5.48. The van der Waals surface area contributed by atoms with E-state index in [-0.39, 0.29) is 11.8 Å². The van der Waals surface area contributed by atoms with E-state index in [1.54, 1.807) is 26.8 Å². The van der Waals surface area contributed by atoms with Gasteiger partial charge in [-0.05, 0) is 51.5 Å². The fraction of sp³-hybridized carbons (Fsp3) is 0.333. The number of para-hydroxylation sites is 1. The average molecular weight is 375 g/mol. The predicted molar refractivity (Wildman–Crippen MR) is 110 cm³/mol. The molecule has 0 N–H and O–H groups in total. The Labute approximate surface area is 166 Å². The highest BCUT2D eigenvalue weighted by Crippen LogP contribution is 2.46. The van der Waals surface area contributed by atoms with Gasteiger partial charge in [-0.3, -0.25) is 4.79 Å². The highest BCUT2D eigenvalue weighted by Gasteiger charge is 2.53. The Balaban J connectivity index is 2.00. The minimum atomic E-state index is -0.935. The number of fused-ring (bicyclic) bond motifs is 1. The summed E-state index contributed by atoms with van der Waals surface area (Å²) in [5.74, 6) is 5.75. The van der Waals surface area contributed by atoms with Crippen molar-refractivity contribution in [3.63, 3.8) is 0 Å². The zero-order valence-electron chi connectivity index (χ0n) is 16.9. The quantitative estimate of drug-likeness (QED) is 0.665. The maximum atomic E-state index is 13.4. The van der Waals surface area contributed by atoms with Gasteiger partial charge in [0.15, 0.2) is 0 Å². The van der Waals surface area contributed by atoms with Crippen LogP contribution < -0.4 is 4.90 Å². The molecule has 144 valence electrons. The SMILES string of the molecule is C[C@H](C#Cc1ccccc1)[C@]1(C)C(=O)N(C(=O)OC(C)(C)C)c2ccccc21. The molecule has 4 nitrogen and oxygen atoms in total. The minimum absolute atomic E-state index is 0.297. The summed E-state index contributed by atoms with van der Waals surface area (Å²) in [5.41, 5.74) is 0.623. The van der Waals surface area contributed by atoms with E-state index >= 15 is 0 Å². The molecule has 0 radical (unpaired) electrons. The van der Waals surface area contributed by atoms with Crippen molar-refractivity contribution < 1.29 is 14.3 Å². The monoisotopic (exact) mass is 375 g/mol. The molecule has 1 aliphatic heterocycles. The van der Waals surface area contributed by atoms with Crippen LogP contribution in [0, 0.1) is 17.8 Å². The first-order chi connectivity index (χ1) is 13.1. The number of carbonyl (C=O) groups excluding carboxylic acids is 2. The van der Waals surface area contributed by atoms with Gasteiger partial charge in [0.2, 0.25) is 5.91 Å². The number of rotatable bonds is 1. The van der Waals surface area contributed by atoms with Gasteiger partial charge in [-0.2, -0.15) is 0 Å². The van der Waals surface area contributed by atoms with Gasteiger partial charge in [-0.25, -0.2) is 9.69 Å². The summed E-state index contributed by atoms with van der Waals surface area (Å²) in [7, 11) is 0. The lowest BCUT2D eigenvalue weighted by Crippen LogP contribution is -2.46. The number of hydrogen-bond acceptors (Lipinski definition) is 3. The zero-order chi connectivity index (χ0) is 20.5. The molecule has 4 heteroatoms. The Morgan fingerprint density at radius 3 is 2.32 bits per heavy atom. The molecule has 2 aromatic rings.